The second-order valence-electron chi connectivity index (χ2n) is 10.7. The molecule has 0 radical (unpaired) electrons. The number of hydrogen-bond donors (Lipinski definition) is 11. The Balaban J connectivity index is 1.48. The number of ether oxygens (including phenoxy) is 4. The van der Waals surface area contributed by atoms with Gasteiger partial charge in [0.2, 0.25) is 4.91 Å². The number of hydrogen-bond acceptors (Lipinski definition) is 16. The number of benzene rings is 1. The first-order valence-corrected chi connectivity index (χ1v) is 14.6. The van der Waals surface area contributed by atoms with Gasteiger partial charge < -0.3 is 70.4 Å². The van der Waals surface area contributed by atoms with Crippen LogP contribution in [0.1, 0.15) is 39.1 Å². The van der Waals surface area contributed by atoms with Gasteiger partial charge in [0.25, 0.3) is 11.8 Å². The third kappa shape index (κ3) is 9.99. The minimum atomic E-state index is -1.58. The van der Waals surface area contributed by atoms with Crippen LogP contribution in [-0.4, -0.2) is 154 Å². The molecule has 3 rings (SSSR count). The maximum absolute atomic E-state index is 12.9. The second-order valence-corrected chi connectivity index (χ2v) is 10.7. The molecule has 0 unspecified atom stereocenters. The summed E-state index contributed by atoms with van der Waals surface area (Å²) in [6, 6.07) is 4.33. The number of nitrogens with zero attached hydrogens (tertiary/aromatic N) is 2. The summed E-state index contributed by atoms with van der Waals surface area (Å²) in [5.74, 6) is -1.06. The summed E-state index contributed by atoms with van der Waals surface area (Å²) in [5.41, 5.74) is 7.59. The lowest BCUT2D eigenvalue weighted by Gasteiger charge is -2.39. The number of aliphatic hydroxyl groups excluding tert-OH is 8. The van der Waals surface area contributed by atoms with Gasteiger partial charge in [-0.2, -0.15) is 0 Å². The maximum atomic E-state index is 12.9. The van der Waals surface area contributed by atoms with E-state index in [-0.39, 0.29) is 56.8 Å². The number of carbonyl (C=O) groups is 2. The lowest BCUT2D eigenvalue weighted by molar-refractivity contribution is -0.301. The van der Waals surface area contributed by atoms with Crippen molar-refractivity contribution in [1.29, 1.82) is 5.53 Å². The topological polar surface area (TPSA) is 307 Å². The zero-order chi connectivity index (χ0) is 33.8. The molecule has 2 amide bonds. The fraction of sp³-hybridized carbons (Fsp3) is 0.704. The Bertz CT molecular complexity index is 1110. The third-order valence-electron chi connectivity index (χ3n) is 7.32. The molecule has 1 aromatic carbocycles. The number of aliphatic hydroxyl groups is 8. The summed E-state index contributed by atoms with van der Waals surface area (Å²) >= 11 is 0. The number of rotatable bonds is 16. The van der Waals surface area contributed by atoms with Crippen LogP contribution in [0.15, 0.2) is 23.3 Å². The summed E-state index contributed by atoms with van der Waals surface area (Å²) in [6.07, 6.45) is -13.6. The Labute approximate surface area is 262 Å². The number of amides is 2. The van der Waals surface area contributed by atoms with Gasteiger partial charge in [-0.1, -0.05) is 0 Å². The minimum absolute atomic E-state index is 0.0132. The average molecular weight is 661 g/mol. The molecule has 0 aliphatic carbocycles. The lowest BCUT2D eigenvalue weighted by atomic mass is 9.99. The first kappa shape index (κ1) is 37.4. The van der Waals surface area contributed by atoms with Crippen LogP contribution in [-0.2, 0) is 25.5 Å². The average Bonchev–Trinajstić information content (AvgIpc) is 3.06. The Kier molecular flexibility index (Phi) is 14.9. The summed E-state index contributed by atoms with van der Waals surface area (Å²) in [7, 11) is 0. The van der Waals surface area contributed by atoms with Crippen molar-refractivity contribution in [3.8, 4) is 0 Å². The molecule has 258 valence electrons. The van der Waals surface area contributed by atoms with E-state index in [4.69, 9.17) is 24.5 Å². The fourth-order valence-electron chi connectivity index (χ4n) is 4.72. The summed E-state index contributed by atoms with van der Waals surface area (Å²) < 4.78 is 21.3. The van der Waals surface area contributed by atoms with E-state index in [9.17, 15) is 50.4 Å². The van der Waals surface area contributed by atoms with Gasteiger partial charge in [0, 0.05) is 24.2 Å². The zero-order valence-electron chi connectivity index (χ0n) is 24.8. The normalized spacial score (nSPS) is 31.1. The van der Waals surface area contributed by atoms with Crippen LogP contribution in [0.3, 0.4) is 0 Å². The van der Waals surface area contributed by atoms with Crippen LogP contribution in [0.5, 0.6) is 0 Å². The Hall–Kier alpha value is -3.01. The van der Waals surface area contributed by atoms with Gasteiger partial charge in [0.05, 0.1) is 26.4 Å². The molecule has 2 aliphatic rings. The molecular weight excluding hydrogens is 618 g/mol. The molecule has 10 atom stereocenters. The summed E-state index contributed by atoms with van der Waals surface area (Å²) in [5, 5.41) is 86.9. The minimum Gasteiger partial charge on any atom is -0.394 e. The number of carbonyl (C=O) groups excluding carboxylic acids is 2. The highest BCUT2D eigenvalue weighted by molar-refractivity contribution is 6.00. The van der Waals surface area contributed by atoms with Gasteiger partial charge in [-0.05, 0) is 36.6 Å². The van der Waals surface area contributed by atoms with E-state index in [1.54, 1.807) is 0 Å². The van der Waals surface area contributed by atoms with E-state index < -0.39 is 86.4 Å². The first-order chi connectivity index (χ1) is 22.0. The molecule has 46 heavy (non-hydrogen) atoms. The SMILES string of the molecule is N=[N+]=NCc1cc(C(=O)NCCCO[C@H]2O[C@H](CO)[C@@H](O)[C@H](O)[C@@H]2O)cc(C(=O)NCCCO[C@H]2O[C@H](CO)[C@@H](O)[C@H](O)[C@@H]2O)c1. The quantitative estimate of drug-likeness (QED) is 0.0453. The van der Waals surface area contributed by atoms with Crippen molar-refractivity contribution in [3.63, 3.8) is 0 Å². The summed E-state index contributed by atoms with van der Waals surface area (Å²) in [6.45, 7) is -1.05. The number of nitrogens with one attached hydrogen (secondary N) is 3. The Morgan fingerprint density at radius 1 is 0.739 bits per heavy atom. The molecular formula is C27H42N5O14+. The van der Waals surface area contributed by atoms with Crippen molar-refractivity contribution in [2.45, 2.75) is 80.8 Å². The molecule has 2 fully saturated rings. The van der Waals surface area contributed by atoms with E-state index in [0.29, 0.717) is 5.56 Å². The molecule has 1 aromatic rings. The molecule has 0 bridgehead atoms. The van der Waals surface area contributed by atoms with E-state index in [0.717, 1.165) is 0 Å². The van der Waals surface area contributed by atoms with Crippen LogP contribution < -0.4 is 15.5 Å². The monoisotopic (exact) mass is 660 g/mol. The Morgan fingerprint density at radius 3 is 1.57 bits per heavy atom. The van der Waals surface area contributed by atoms with Gasteiger partial charge in [-0.15, -0.1) is 0 Å². The fourth-order valence-corrected chi connectivity index (χ4v) is 4.72. The van der Waals surface area contributed by atoms with E-state index in [1.165, 1.54) is 18.2 Å². The standard InChI is InChI=1S/C27H41N5O14/c28-32-31-10-13-7-14(24(41)29-3-1-5-43-26-22(39)20(37)18(35)16(11-33)45-26)9-15(8-13)25(42)30-4-2-6-44-27-23(40)21(38)19(36)17(12-34)46-27/h7-9,16-23,26-28,33-40H,1-6,10-12H2,(H-,29,30,41,42)/p+1/t16-,17-,18-,19-,20+,21+,22+,23+,26+,27+/m1/s1. The van der Waals surface area contributed by atoms with Crippen molar-refractivity contribution in [2.75, 3.05) is 39.5 Å². The van der Waals surface area contributed by atoms with Gasteiger partial charge in [0.1, 0.15) is 66.0 Å². The highest BCUT2D eigenvalue weighted by Gasteiger charge is 2.45. The second kappa shape index (κ2) is 18.4. The van der Waals surface area contributed by atoms with Crippen molar-refractivity contribution in [1.82, 2.24) is 15.5 Å². The Morgan fingerprint density at radius 2 is 1.17 bits per heavy atom. The molecule has 19 nitrogen and oxygen atoms in total. The van der Waals surface area contributed by atoms with Gasteiger partial charge >= 0.3 is 0 Å². The van der Waals surface area contributed by atoms with E-state index in [1.807, 2.05) is 0 Å². The van der Waals surface area contributed by atoms with Crippen LogP contribution in [0.4, 0.5) is 0 Å². The molecule has 0 spiro atoms. The van der Waals surface area contributed by atoms with Crippen molar-refractivity contribution in [2.24, 2.45) is 5.11 Å². The van der Waals surface area contributed by atoms with Crippen LogP contribution in [0, 0.1) is 5.53 Å². The largest absolute Gasteiger partial charge is 0.394 e. The van der Waals surface area contributed by atoms with Crippen molar-refractivity contribution < 1.29 is 69.4 Å². The molecule has 2 aliphatic heterocycles. The van der Waals surface area contributed by atoms with Gasteiger partial charge in [-0.25, -0.2) is 0 Å². The van der Waals surface area contributed by atoms with Crippen LogP contribution in [0.25, 0.3) is 0 Å². The predicted octanol–water partition coefficient (Wildman–Crippen LogP) is -4.39. The van der Waals surface area contributed by atoms with Crippen molar-refractivity contribution in [3.05, 3.63) is 34.9 Å². The van der Waals surface area contributed by atoms with E-state index >= 15 is 0 Å². The smallest absolute Gasteiger partial charge is 0.251 e. The maximum Gasteiger partial charge on any atom is 0.251 e. The van der Waals surface area contributed by atoms with E-state index in [2.05, 4.69) is 20.7 Å². The molecule has 19 heteroatoms. The molecule has 0 aromatic heterocycles. The van der Waals surface area contributed by atoms with Crippen molar-refractivity contribution >= 4 is 11.8 Å². The molecule has 11 N–H and O–H groups in total. The lowest BCUT2D eigenvalue weighted by Crippen LogP contribution is -2.59. The van der Waals surface area contributed by atoms with Gasteiger partial charge in [0.15, 0.2) is 12.6 Å². The molecule has 2 heterocycles. The molecule has 2 saturated heterocycles. The van der Waals surface area contributed by atoms with Crippen LogP contribution in [0.2, 0.25) is 0 Å². The van der Waals surface area contributed by atoms with Gasteiger partial charge in [-0.3, -0.25) is 9.59 Å². The first-order valence-electron chi connectivity index (χ1n) is 14.6. The zero-order valence-corrected chi connectivity index (χ0v) is 24.8. The third-order valence-corrected chi connectivity index (χ3v) is 7.32. The highest BCUT2D eigenvalue weighted by Crippen LogP contribution is 2.23. The highest BCUT2D eigenvalue weighted by atomic mass is 16.7. The van der Waals surface area contributed by atoms with Crippen LogP contribution >= 0.6 is 0 Å². The molecule has 0 saturated carbocycles. The predicted molar refractivity (Wildman–Crippen MR) is 151 cm³/mol. The summed E-state index contributed by atoms with van der Waals surface area (Å²) in [4.78, 5) is 28.7.